The number of aliphatic hydroxyl groups excluding tert-OH is 1. The molecule has 0 saturated carbocycles. The second-order valence-electron chi connectivity index (χ2n) is 10.1. The number of rotatable bonds is 6. The van der Waals surface area contributed by atoms with Crippen LogP contribution in [0.25, 0.3) is 0 Å². The summed E-state index contributed by atoms with van der Waals surface area (Å²) in [6.45, 7) is 1.21. The zero-order chi connectivity index (χ0) is 26.0. The monoisotopic (exact) mass is 544 g/mol. The van der Waals surface area contributed by atoms with Crippen LogP contribution in [-0.4, -0.2) is 70.1 Å². The van der Waals surface area contributed by atoms with Crippen LogP contribution in [0.1, 0.15) is 38.5 Å². The van der Waals surface area contributed by atoms with Crippen LogP contribution in [0, 0.1) is 11.8 Å². The molecule has 0 aliphatic carbocycles. The molecular weight excluding hydrogens is 512 g/mol. The van der Waals surface area contributed by atoms with Gasteiger partial charge in [-0.2, -0.15) is 0 Å². The molecule has 2 amide bonds. The molecule has 1 N–H and O–H groups in total. The van der Waals surface area contributed by atoms with Gasteiger partial charge in [0.25, 0.3) is 5.91 Å². The summed E-state index contributed by atoms with van der Waals surface area (Å²) in [4.78, 5) is 45.2. The average Bonchev–Trinajstić information content (AvgIpc) is 3.27. The molecule has 1 unspecified atom stereocenters. The summed E-state index contributed by atoms with van der Waals surface area (Å²) in [5, 5.41) is 9.56. The van der Waals surface area contributed by atoms with E-state index in [0.29, 0.717) is 43.2 Å². The third kappa shape index (κ3) is 4.84. The molecule has 2 saturated heterocycles. The Morgan fingerprint density at radius 1 is 1.05 bits per heavy atom. The van der Waals surface area contributed by atoms with Crippen LogP contribution in [0.4, 0.5) is 5.69 Å². The Morgan fingerprint density at radius 2 is 1.86 bits per heavy atom. The number of esters is 1. The standard InChI is InChI=1S/C28H33ClN2O5S/c29-19-10-12-20(13-11-19)30-16-8-14-28-23(22-21(37-28)9-4-1-2-7-18-36-27(22)35)25(33)31(24(28)26(30)34)15-5-3-6-17-32/h4,8-14,21-24,32H,1-3,5-7,15-18H2/b9-4-/t21-,22+,23-,24?,28-/m0/s1. The number of halogens is 1. The Bertz CT molecular complexity index is 1090. The lowest BCUT2D eigenvalue weighted by atomic mass is 9.78. The smallest absolute Gasteiger partial charge is 0.311 e. The molecule has 5 rings (SSSR count). The summed E-state index contributed by atoms with van der Waals surface area (Å²) in [5.41, 5.74) is 0.716. The molecule has 1 spiro atoms. The maximum atomic E-state index is 14.3. The van der Waals surface area contributed by atoms with Crippen LogP contribution < -0.4 is 4.90 Å². The molecule has 1 aromatic rings. The van der Waals surface area contributed by atoms with E-state index in [1.807, 2.05) is 30.4 Å². The normalized spacial score (nSPS) is 32.4. The molecule has 7 nitrogen and oxygen atoms in total. The predicted octanol–water partition coefficient (Wildman–Crippen LogP) is 3.99. The van der Waals surface area contributed by atoms with Crippen molar-refractivity contribution < 1.29 is 24.2 Å². The number of benzene rings is 1. The molecule has 9 heteroatoms. The van der Waals surface area contributed by atoms with E-state index in [9.17, 15) is 19.5 Å². The number of nitrogens with zero attached hydrogens (tertiary/aromatic N) is 2. The Labute approximate surface area is 226 Å². The van der Waals surface area contributed by atoms with Crippen LogP contribution in [0.15, 0.2) is 48.6 Å². The van der Waals surface area contributed by atoms with Gasteiger partial charge < -0.3 is 19.6 Å². The minimum Gasteiger partial charge on any atom is -0.465 e. The third-order valence-electron chi connectivity index (χ3n) is 7.80. The van der Waals surface area contributed by atoms with E-state index >= 15 is 0 Å². The van der Waals surface area contributed by atoms with Gasteiger partial charge in [0.05, 0.1) is 23.2 Å². The van der Waals surface area contributed by atoms with Crippen LogP contribution in [0.2, 0.25) is 5.02 Å². The number of ether oxygens (including phenoxy) is 1. The number of thioether (sulfide) groups is 1. The van der Waals surface area contributed by atoms with Gasteiger partial charge in [-0.15, -0.1) is 11.8 Å². The lowest BCUT2D eigenvalue weighted by Gasteiger charge is -2.35. The van der Waals surface area contributed by atoms with Gasteiger partial charge in [-0.3, -0.25) is 14.4 Å². The van der Waals surface area contributed by atoms with Crippen molar-refractivity contribution in [2.45, 2.75) is 54.6 Å². The molecule has 2 fully saturated rings. The molecule has 4 aliphatic heterocycles. The van der Waals surface area contributed by atoms with Crippen molar-refractivity contribution in [3.63, 3.8) is 0 Å². The highest BCUT2D eigenvalue weighted by Crippen LogP contribution is 2.60. The van der Waals surface area contributed by atoms with Gasteiger partial charge in [0, 0.05) is 35.7 Å². The number of carbonyl (C=O) groups excluding carboxylic acids is 3. The number of likely N-dealkylation sites (tertiary alicyclic amines) is 1. The fraction of sp³-hybridized carbons (Fsp3) is 0.536. The van der Waals surface area contributed by atoms with Crippen molar-refractivity contribution in [1.82, 2.24) is 4.90 Å². The van der Waals surface area contributed by atoms with E-state index in [0.717, 1.165) is 25.7 Å². The number of cyclic esters (lactones) is 1. The number of allylic oxidation sites excluding steroid dienone is 1. The Morgan fingerprint density at radius 3 is 2.65 bits per heavy atom. The van der Waals surface area contributed by atoms with E-state index in [1.54, 1.807) is 33.7 Å². The fourth-order valence-electron chi connectivity index (χ4n) is 6.08. The molecule has 0 bridgehead atoms. The Balaban J connectivity index is 1.55. The number of carbonyl (C=O) groups is 3. The highest BCUT2D eigenvalue weighted by molar-refractivity contribution is 8.02. The summed E-state index contributed by atoms with van der Waals surface area (Å²) in [5.74, 6) is -1.98. The van der Waals surface area contributed by atoms with Crippen LogP contribution in [0.5, 0.6) is 0 Å². The predicted molar refractivity (Wildman–Crippen MR) is 144 cm³/mol. The van der Waals surface area contributed by atoms with E-state index < -0.39 is 22.6 Å². The maximum absolute atomic E-state index is 14.3. The molecule has 4 aliphatic rings. The number of hydrogen-bond donors (Lipinski definition) is 1. The largest absolute Gasteiger partial charge is 0.465 e. The number of unbranched alkanes of at least 4 members (excludes halogenated alkanes) is 2. The van der Waals surface area contributed by atoms with E-state index in [2.05, 4.69) is 6.08 Å². The van der Waals surface area contributed by atoms with Crippen LogP contribution in [-0.2, 0) is 19.1 Å². The number of fused-ring (bicyclic) bond motifs is 2. The Hall–Kier alpha value is -2.29. The van der Waals surface area contributed by atoms with E-state index in [4.69, 9.17) is 16.3 Å². The minimum atomic E-state index is -0.862. The van der Waals surface area contributed by atoms with Crippen LogP contribution >= 0.6 is 23.4 Å². The van der Waals surface area contributed by atoms with E-state index in [1.165, 1.54) is 0 Å². The van der Waals surface area contributed by atoms with Crippen molar-refractivity contribution in [2.75, 3.05) is 31.2 Å². The number of anilines is 1. The molecular formula is C28H33ClN2O5S. The number of hydrogen-bond acceptors (Lipinski definition) is 6. The zero-order valence-corrected chi connectivity index (χ0v) is 22.3. The summed E-state index contributed by atoms with van der Waals surface area (Å²) in [6.07, 6.45) is 12.8. The topological polar surface area (TPSA) is 87.2 Å². The van der Waals surface area contributed by atoms with Gasteiger partial charge in [-0.25, -0.2) is 0 Å². The van der Waals surface area contributed by atoms with Crippen molar-refractivity contribution in [2.24, 2.45) is 11.8 Å². The second-order valence-corrected chi connectivity index (χ2v) is 12.0. The SMILES string of the molecule is O=C1OCCCC/C=C\[C@@H]2S[C@]34C=CCN(c5ccc(Cl)cc5)C(=O)C3N(CCCCCO)C(=O)[C@@H]4[C@H]12. The fourth-order valence-corrected chi connectivity index (χ4v) is 8.21. The van der Waals surface area contributed by atoms with Gasteiger partial charge in [0.2, 0.25) is 5.91 Å². The average molecular weight is 545 g/mol. The van der Waals surface area contributed by atoms with Crippen molar-refractivity contribution in [1.29, 1.82) is 0 Å². The molecule has 1 aromatic carbocycles. The Kier molecular flexibility index (Phi) is 7.98. The van der Waals surface area contributed by atoms with Gasteiger partial charge in [-0.1, -0.05) is 35.9 Å². The highest BCUT2D eigenvalue weighted by Gasteiger charge is 2.70. The molecule has 37 heavy (non-hydrogen) atoms. The molecule has 5 atom stereocenters. The first kappa shape index (κ1) is 26.3. The second kappa shape index (κ2) is 11.2. The van der Waals surface area contributed by atoms with Gasteiger partial charge >= 0.3 is 5.97 Å². The zero-order valence-electron chi connectivity index (χ0n) is 20.8. The van der Waals surface area contributed by atoms with Crippen molar-refractivity contribution in [3.8, 4) is 0 Å². The van der Waals surface area contributed by atoms with Crippen LogP contribution in [0.3, 0.4) is 0 Å². The number of aliphatic hydroxyl groups is 1. The summed E-state index contributed by atoms with van der Waals surface area (Å²) in [6, 6.07) is 6.40. The first-order valence-electron chi connectivity index (χ1n) is 13.1. The first-order chi connectivity index (χ1) is 18.0. The maximum Gasteiger partial charge on any atom is 0.311 e. The third-order valence-corrected chi connectivity index (χ3v) is 9.79. The van der Waals surface area contributed by atoms with Crippen molar-refractivity contribution in [3.05, 3.63) is 53.6 Å². The van der Waals surface area contributed by atoms with E-state index in [-0.39, 0.29) is 29.6 Å². The van der Waals surface area contributed by atoms with Gasteiger partial charge in [-0.05, 0) is 62.8 Å². The summed E-state index contributed by atoms with van der Waals surface area (Å²) in [7, 11) is 0. The first-order valence-corrected chi connectivity index (χ1v) is 14.4. The molecule has 0 aromatic heterocycles. The molecule has 198 valence electrons. The minimum absolute atomic E-state index is 0.0910. The summed E-state index contributed by atoms with van der Waals surface area (Å²) < 4.78 is 4.79. The summed E-state index contributed by atoms with van der Waals surface area (Å²) >= 11 is 7.66. The number of amides is 2. The lowest BCUT2D eigenvalue weighted by molar-refractivity contribution is -0.153. The molecule has 0 radical (unpaired) electrons. The molecule has 4 heterocycles. The highest BCUT2D eigenvalue weighted by atomic mass is 35.5. The lowest BCUT2D eigenvalue weighted by Crippen LogP contribution is -2.53. The van der Waals surface area contributed by atoms with Gasteiger partial charge in [0.1, 0.15) is 6.04 Å². The quantitative estimate of drug-likeness (QED) is 0.331. The van der Waals surface area contributed by atoms with Gasteiger partial charge in [0.15, 0.2) is 0 Å². The van der Waals surface area contributed by atoms with Crippen molar-refractivity contribution >= 4 is 46.8 Å².